The average molecular weight is 281 g/mol. The van der Waals surface area contributed by atoms with Crippen LogP contribution in [0.5, 0.6) is 0 Å². The zero-order valence-electron chi connectivity index (χ0n) is 11.7. The Bertz CT molecular complexity index is 306. The second-order valence-corrected chi connectivity index (χ2v) is 5.90. The van der Waals surface area contributed by atoms with Gasteiger partial charge < -0.3 is 19.4 Å². The first kappa shape index (κ1) is 19.7. The number of ether oxygens (including phenoxy) is 1. The highest BCUT2D eigenvalue weighted by Gasteiger charge is 2.11. The molecule has 0 bridgehead atoms. The van der Waals surface area contributed by atoms with Crippen molar-refractivity contribution >= 4 is 13.6 Å². The van der Waals surface area contributed by atoms with Gasteiger partial charge in [-0.25, -0.2) is 4.79 Å². The van der Waals surface area contributed by atoms with Crippen molar-refractivity contribution in [2.45, 2.75) is 20.3 Å². The molecule has 0 aliphatic rings. The first-order chi connectivity index (χ1) is 8.10. The van der Waals surface area contributed by atoms with E-state index < -0.39 is 13.6 Å². The normalized spacial score (nSPS) is 11.9. The van der Waals surface area contributed by atoms with Crippen LogP contribution < -0.4 is 0 Å². The maximum absolute atomic E-state index is 11.0. The summed E-state index contributed by atoms with van der Waals surface area (Å²) in [5, 5.41) is 0. The minimum absolute atomic E-state index is 0.176. The summed E-state index contributed by atoms with van der Waals surface area (Å²) in [6, 6.07) is 0. The van der Waals surface area contributed by atoms with Gasteiger partial charge in [-0.2, -0.15) is 0 Å². The van der Waals surface area contributed by atoms with Crippen molar-refractivity contribution in [2.75, 3.05) is 33.9 Å². The third kappa shape index (κ3) is 17.7. The minimum atomic E-state index is -3.96. The van der Waals surface area contributed by atoms with Crippen LogP contribution >= 0.6 is 7.60 Å². The van der Waals surface area contributed by atoms with E-state index in [9.17, 15) is 9.36 Å². The fraction of sp³-hybridized carbons (Fsp3) is 0.727. The molecule has 0 aromatic carbocycles. The molecule has 108 valence electrons. The van der Waals surface area contributed by atoms with Crippen LogP contribution in [0.25, 0.3) is 0 Å². The molecule has 7 heteroatoms. The van der Waals surface area contributed by atoms with Gasteiger partial charge in [-0.15, -0.1) is 0 Å². The van der Waals surface area contributed by atoms with Gasteiger partial charge in [0.25, 0.3) is 0 Å². The third-order valence-electron chi connectivity index (χ3n) is 1.47. The van der Waals surface area contributed by atoms with E-state index in [1.165, 1.54) is 6.08 Å². The van der Waals surface area contributed by atoms with E-state index in [4.69, 9.17) is 9.79 Å². The van der Waals surface area contributed by atoms with Gasteiger partial charge in [-0.3, -0.25) is 4.57 Å². The molecule has 0 aliphatic carbocycles. The predicted octanol–water partition coefficient (Wildman–Crippen LogP) is 1.24. The number of carbonyl (C=O) groups excluding carboxylic acids is 1. The third-order valence-corrected chi connectivity index (χ3v) is 2.31. The standard InChI is InChI=1S/C8H15O5P.C3H9N/c1-3-13-8(9)7(2)5-4-6-14(10,11)12;1-4(2)3/h5H,3-4,6H2,1-2H3,(H2,10,11,12);1-3H3. The molecule has 0 unspecified atom stereocenters. The molecule has 0 rings (SSSR count). The highest BCUT2D eigenvalue weighted by atomic mass is 31.2. The Morgan fingerprint density at radius 1 is 1.33 bits per heavy atom. The number of nitrogens with zero attached hydrogens (tertiary/aromatic N) is 1. The van der Waals surface area contributed by atoms with Crippen molar-refractivity contribution in [1.82, 2.24) is 4.90 Å². The van der Waals surface area contributed by atoms with Crippen LogP contribution in [0, 0.1) is 0 Å². The summed E-state index contributed by atoms with van der Waals surface area (Å²) in [4.78, 5) is 30.1. The lowest BCUT2D eigenvalue weighted by Gasteiger charge is -2.02. The lowest BCUT2D eigenvalue weighted by Crippen LogP contribution is -2.05. The van der Waals surface area contributed by atoms with Crippen molar-refractivity contribution in [3.8, 4) is 0 Å². The van der Waals surface area contributed by atoms with Crippen LogP contribution in [0.2, 0.25) is 0 Å². The van der Waals surface area contributed by atoms with Crippen molar-refractivity contribution < 1.29 is 23.9 Å². The van der Waals surface area contributed by atoms with Gasteiger partial charge in [0.1, 0.15) is 0 Å². The Kier molecular flexibility index (Phi) is 11.2. The quantitative estimate of drug-likeness (QED) is 0.448. The van der Waals surface area contributed by atoms with E-state index in [2.05, 4.69) is 4.74 Å². The number of hydrogen-bond donors (Lipinski definition) is 2. The molecule has 18 heavy (non-hydrogen) atoms. The van der Waals surface area contributed by atoms with E-state index in [1.54, 1.807) is 13.8 Å². The summed E-state index contributed by atoms with van der Waals surface area (Å²) in [6.07, 6.45) is 1.40. The number of hydrogen-bond acceptors (Lipinski definition) is 4. The molecule has 0 spiro atoms. The summed E-state index contributed by atoms with van der Waals surface area (Å²) in [6.45, 7) is 3.54. The van der Waals surface area contributed by atoms with E-state index in [0.717, 1.165) is 0 Å². The zero-order chi connectivity index (χ0) is 14.8. The summed E-state index contributed by atoms with van der Waals surface area (Å²) >= 11 is 0. The molecule has 2 N–H and O–H groups in total. The Hall–Kier alpha value is -0.680. The molecular weight excluding hydrogens is 257 g/mol. The van der Waals surface area contributed by atoms with Gasteiger partial charge in [-0.1, -0.05) is 6.08 Å². The number of esters is 1. The van der Waals surface area contributed by atoms with Crippen molar-refractivity contribution in [3.63, 3.8) is 0 Å². The lowest BCUT2D eigenvalue weighted by molar-refractivity contribution is -0.138. The fourth-order valence-electron chi connectivity index (χ4n) is 0.777. The van der Waals surface area contributed by atoms with Crippen molar-refractivity contribution in [2.24, 2.45) is 0 Å². The van der Waals surface area contributed by atoms with Crippen LogP contribution in [-0.2, 0) is 14.1 Å². The second-order valence-electron chi connectivity index (χ2n) is 4.13. The van der Waals surface area contributed by atoms with E-state index >= 15 is 0 Å². The smallest absolute Gasteiger partial charge is 0.333 e. The fourth-order valence-corrected chi connectivity index (χ4v) is 1.24. The molecule has 0 aromatic heterocycles. The first-order valence-corrected chi connectivity index (χ1v) is 7.39. The van der Waals surface area contributed by atoms with E-state index in [0.29, 0.717) is 12.2 Å². The number of rotatable bonds is 5. The molecular formula is C11H24NO5P. The monoisotopic (exact) mass is 281 g/mol. The Morgan fingerprint density at radius 3 is 2.11 bits per heavy atom. The first-order valence-electron chi connectivity index (χ1n) is 5.59. The SMILES string of the molecule is CCOC(=O)C(C)=CCCP(=O)(O)O.CN(C)C. The average Bonchev–Trinajstić information content (AvgIpc) is 2.14. The molecule has 0 aromatic rings. The Morgan fingerprint density at radius 2 is 1.78 bits per heavy atom. The minimum Gasteiger partial charge on any atom is -0.463 e. The molecule has 0 saturated carbocycles. The van der Waals surface area contributed by atoms with Crippen LogP contribution in [0.1, 0.15) is 20.3 Å². The molecule has 0 radical (unpaired) electrons. The Labute approximate surface area is 109 Å². The maximum Gasteiger partial charge on any atom is 0.333 e. The van der Waals surface area contributed by atoms with Crippen LogP contribution in [0.15, 0.2) is 11.6 Å². The number of carbonyl (C=O) groups is 1. The molecule has 6 nitrogen and oxygen atoms in total. The summed E-state index contributed by atoms with van der Waals surface area (Å²) in [7, 11) is 2.04. The van der Waals surface area contributed by atoms with Gasteiger partial charge in [-0.05, 0) is 41.4 Å². The molecule has 0 atom stereocenters. The largest absolute Gasteiger partial charge is 0.463 e. The van der Waals surface area contributed by atoms with Crippen molar-refractivity contribution in [3.05, 3.63) is 11.6 Å². The molecule has 0 aliphatic heterocycles. The molecule has 0 amide bonds. The van der Waals surface area contributed by atoms with Crippen LogP contribution in [0.3, 0.4) is 0 Å². The van der Waals surface area contributed by atoms with Crippen LogP contribution in [0.4, 0.5) is 0 Å². The van der Waals surface area contributed by atoms with Gasteiger partial charge in [0.15, 0.2) is 0 Å². The predicted molar refractivity (Wildman–Crippen MR) is 71.5 cm³/mol. The highest BCUT2D eigenvalue weighted by Crippen LogP contribution is 2.35. The van der Waals surface area contributed by atoms with E-state index in [-0.39, 0.29) is 12.6 Å². The van der Waals surface area contributed by atoms with E-state index in [1.807, 2.05) is 26.0 Å². The van der Waals surface area contributed by atoms with Crippen LogP contribution in [-0.4, -0.2) is 54.6 Å². The summed E-state index contributed by atoms with van der Waals surface area (Å²) in [5.41, 5.74) is 0.375. The highest BCUT2D eigenvalue weighted by molar-refractivity contribution is 7.51. The summed E-state index contributed by atoms with van der Waals surface area (Å²) in [5.74, 6) is -0.446. The molecule has 0 fully saturated rings. The van der Waals surface area contributed by atoms with Gasteiger partial charge in [0, 0.05) is 5.57 Å². The topological polar surface area (TPSA) is 87.1 Å². The second kappa shape index (κ2) is 10.3. The number of allylic oxidation sites excluding steroid dienone is 1. The lowest BCUT2D eigenvalue weighted by atomic mass is 10.2. The molecule has 0 saturated heterocycles. The maximum atomic E-state index is 11.0. The summed E-state index contributed by atoms with van der Waals surface area (Å²) < 4.78 is 15.1. The zero-order valence-corrected chi connectivity index (χ0v) is 12.6. The van der Waals surface area contributed by atoms with Gasteiger partial charge in [0.05, 0.1) is 12.8 Å². The van der Waals surface area contributed by atoms with Gasteiger partial charge in [0.2, 0.25) is 0 Å². The van der Waals surface area contributed by atoms with Crippen molar-refractivity contribution in [1.29, 1.82) is 0 Å². The molecule has 0 heterocycles. The Balaban J connectivity index is 0. The van der Waals surface area contributed by atoms with Gasteiger partial charge >= 0.3 is 13.6 Å².